The average Bonchev–Trinajstić information content (AvgIpc) is 1.64. The van der Waals surface area contributed by atoms with Gasteiger partial charge in [0.15, 0.2) is 7.98 Å². The Morgan fingerprint density at radius 3 is 2.75 bits per heavy atom. The van der Waals surface area contributed by atoms with Crippen LogP contribution in [0.1, 0.15) is 12.8 Å². The molecule has 1 fully saturated rings. The van der Waals surface area contributed by atoms with Gasteiger partial charge in [-0.2, -0.15) is 0 Å². The summed E-state index contributed by atoms with van der Waals surface area (Å²) < 4.78 is 0. The third-order valence-corrected chi connectivity index (χ3v) is 1.49. The van der Waals surface area contributed by atoms with Crippen molar-refractivity contribution in [3.8, 4) is 0 Å². The van der Waals surface area contributed by atoms with Crippen molar-refractivity contribution in [2.24, 2.45) is 5.73 Å². The van der Waals surface area contributed by atoms with E-state index in [1.54, 1.807) is 4.81 Å². The highest BCUT2D eigenvalue weighted by Crippen LogP contribution is 2.03. The van der Waals surface area contributed by atoms with Gasteiger partial charge in [-0.25, -0.2) is 0 Å². The van der Waals surface area contributed by atoms with Crippen LogP contribution >= 0.6 is 0 Å². The van der Waals surface area contributed by atoms with E-state index < -0.39 is 0 Å². The van der Waals surface area contributed by atoms with E-state index in [2.05, 4.69) is 0 Å². The van der Waals surface area contributed by atoms with Crippen LogP contribution in [0, 0.1) is 0 Å². The van der Waals surface area contributed by atoms with Gasteiger partial charge in [0, 0.05) is 12.6 Å². The summed E-state index contributed by atoms with van der Waals surface area (Å²) in [5, 5.41) is 0. The Hall–Kier alpha value is -0.0151. The standard InChI is InChI=1S/C5H11BN2/c6-8-3-1-2-5(7)4-8/h5H,1-4,7H2. The molecule has 1 rings (SSSR count). The van der Waals surface area contributed by atoms with Crippen LogP contribution in [0.2, 0.25) is 0 Å². The van der Waals surface area contributed by atoms with Crippen molar-refractivity contribution < 1.29 is 0 Å². The minimum atomic E-state index is 0.314. The molecule has 1 saturated heterocycles. The number of nitrogens with zero attached hydrogens (tertiary/aromatic N) is 1. The third kappa shape index (κ3) is 1.49. The Labute approximate surface area is 51.5 Å². The zero-order valence-electron chi connectivity index (χ0n) is 5.01. The molecular weight excluding hydrogens is 98.9 g/mol. The van der Waals surface area contributed by atoms with Gasteiger partial charge in [0.1, 0.15) is 0 Å². The zero-order chi connectivity index (χ0) is 5.98. The van der Waals surface area contributed by atoms with Crippen molar-refractivity contribution in [2.75, 3.05) is 13.1 Å². The third-order valence-electron chi connectivity index (χ3n) is 1.49. The molecule has 0 amide bonds. The minimum absolute atomic E-state index is 0.314. The predicted molar refractivity (Wildman–Crippen MR) is 34.5 cm³/mol. The molecule has 2 radical (unpaired) electrons. The highest BCUT2D eigenvalue weighted by Gasteiger charge is 2.11. The molecule has 0 bridgehead atoms. The maximum absolute atomic E-state index is 5.60. The van der Waals surface area contributed by atoms with Crippen molar-refractivity contribution in [1.29, 1.82) is 0 Å². The summed E-state index contributed by atoms with van der Waals surface area (Å²) in [6, 6.07) is 0.314. The Bertz CT molecular complexity index is 68.8. The molecule has 0 aliphatic carbocycles. The Morgan fingerprint density at radius 2 is 2.38 bits per heavy atom. The van der Waals surface area contributed by atoms with E-state index in [1.165, 1.54) is 0 Å². The molecule has 0 aromatic rings. The van der Waals surface area contributed by atoms with Crippen LogP contribution in [0.25, 0.3) is 0 Å². The van der Waals surface area contributed by atoms with E-state index in [0.717, 1.165) is 25.9 Å². The van der Waals surface area contributed by atoms with Crippen molar-refractivity contribution >= 4 is 7.98 Å². The first kappa shape index (κ1) is 6.11. The highest BCUT2D eigenvalue weighted by atomic mass is 15.1. The number of piperidine rings is 1. The monoisotopic (exact) mass is 110 g/mol. The van der Waals surface area contributed by atoms with Crippen molar-refractivity contribution in [3.05, 3.63) is 0 Å². The molecule has 1 aliphatic heterocycles. The lowest BCUT2D eigenvalue weighted by Gasteiger charge is -2.27. The number of nitrogens with two attached hydrogens (primary N) is 1. The summed E-state index contributed by atoms with van der Waals surface area (Å²) in [5.74, 6) is 0. The second kappa shape index (κ2) is 2.51. The summed E-state index contributed by atoms with van der Waals surface area (Å²) in [4.78, 5) is 1.79. The topological polar surface area (TPSA) is 29.3 Å². The molecule has 8 heavy (non-hydrogen) atoms. The van der Waals surface area contributed by atoms with Gasteiger partial charge in [0.25, 0.3) is 0 Å². The normalized spacial score (nSPS) is 32.9. The minimum Gasteiger partial charge on any atom is -0.352 e. The molecule has 2 nitrogen and oxygen atoms in total. The van der Waals surface area contributed by atoms with Gasteiger partial charge in [-0.3, -0.25) is 0 Å². The number of rotatable bonds is 0. The summed E-state index contributed by atoms with van der Waals surface area (Å²) in [6.07, 6.45) is 2.28. The van der Waals surface area contributed by atoms with Crippen molar-refractivity contribution in [1.82, 2.24) is 4.81 Å². The molecule has 2 N–H and O–H groups in total. The van der Waals surface area contributed by atoms with E-state index in [-0.39, 0.29) is 0 Å². The second-order valence-corrected chi connectivity index (χ2v) is 2.40. The highest BCUT2D eigenvalue weighted by molar-refractivity contribution is 6.04. The van der Waals surface area contributed by atoms with Crippen LogP contribution in [0.3, 0.4) is 0 Å². The van der Waals surface area contributed by atoms with Gasteiger partial charge in [-0.05, 0) is 19.4 Å². The summed E-state index contributed by atoms with van der Waals surface area (Å²) >= 11 is 0. The fourth-order valence-corrected chi connectivity index (χ4v) is 1.04. The summed E-state index contributed by atoms with van der Waals surface area (Å²) in [5.41, 5.74) is 5.60. The molecule has 1 aliphatic rings. The summed E-state index contributed by atoms with van der Waals surface area (Å²) in [6.45, 7) is 1.87. The quantitative estimate of drug-likeness (QED) is 0.425. The first-order chi connectivity index (χ1) is 3.79. The van der Waals surface area contributed by atoms with E-state index in [0.29, 0.717) is 6.04 Å². The maximum atomic E-state index is 5.60. The van der Waals surface area contributed by atoms with Crippen molar-refractivity contribution in [3.63, 3.8) is 0 Å². The van der Waals surface area contributed by atoms with Gasteiger partial charge < -0.3 is 10.5 Å². The molecular formula is C5H11BN2. The number of hydrogen-bond donors (Lipinski definition) is 1. The Kier molecular flexibility index (Phi) is 1.92. The molecule has 3 heteroatoms. The number of hydrogen-bond acceptors (Lipinski definition) is 2. The largest absolute Gasteiger partial charge is 0.352 e. The molecule has 1 heterocycles. The molecule has 0 spiro atoms. The fourth-order valence-electron chi connectivity index (χ4n) is 1.04. The van der Waals surface area contributed by atoms with Gasteiger partial charge in [0.05, 0.1) is 0 Å². The molecule has 0 saturated carbocycles. The van der Waals surface area contributed by atoms with Gasteiger partial charge in [-0.1, -0.05) is 0 Å². The maximum Gasteiger partial charge on any atom is 0.182 e. The smallest absolute Gasteiger partial charge is 0.182 e. The summed E-state index contributed by atoms with van der Waals surface area (Å²) in [7, 11) is 5.48. The first-order valence-corrected chi connectivity index (χ1v) is 3.04. The molecule has 1 atom stereocenters. The SMILES string of the molecule is [B]N1CCCC(N)C1. The van der Waals surface area contributed by atoms with E-state index in [9.17, 15) is 0 Å². The van der Waals surface area contributed by atoms with Gasteiger partial charge in [0.2, 0.25) is 0 Å². The average molecular weight is 110 g/mol. The van der Waals surface area contributed by atoms with Crippen LogP contribution in [0.5, 0.6) is 0 Å². The van der Waals surface area contributed by atoms with Crippen LogP contribution < -0.4 is 5.73 Å². The van der Waals surface area contributed by atoms with Crippen LogP contribution in [-0.2, 0) is 0 Å². The molecule has 0 aromatic heterocycles. The zero-order valence-corrected chi connectivity index (χ0v) is 5.01. The fraction of sp³-hybridized carbons (Fsp3) is 1.00. The van der Waals surface area contributed by atoms with Crippen molar-refractivity contribution in [2.45, 2.75) is 18.9 Å². The Morgan fingerprint density at radius 1 is 1.62 bits per heavy atom. The lowest BCUT2D eigenvalue weighted by atomic mass is 10.0. The molecule has 44 valence electrons. The van der Waals surface area contributed by atoms with E-state index in [4.69, 9.17) is 13.7 Å². The molecule has 1 unspecified atom stereocenters. The molecule has 0 aromatic carbocycles. The van der Waals surface area contributed by atoms with Crippen LogP contribution in [-0.4, -0.2) is 31.9 Å². The van der Waals surface area contributed by atoms with E-state index >= 15 is 0 Å². The van der Waals surface area contributed by atoms with Crippen LogP contribution in [0.15, 0.2) is 0 Å². The second-order valence-electron chi connectivity index (χ2n) is 2.40. The van der Waals surface area contributed by atoms with Gasteiger partial charge >= 0.3 is 0 Å². The van der Waals surface area contributed by atoms with Gasteiger partial charge in [-0.15, -0.1) is 0 Å². The van der Waals surface area contributed by atoms with Crippen LogP contribution in [0.4, 0.5) is 0 Å². The Balaban J connectivity index is 2.23. The first-order valence-electron chi connectivity index (χ1n) is 3.04. The van der Waals surface area contributed by atoms with E-state index in [1.807, 2.05) is 0 Å². The lowest BCUT2D eigenvalue weighted by Crippen LogP contribution is -2.41. The lowest BCUT2D eigenvalue weighted by molar-refractivity contribution is 0.331. The predicted octanol–water partition coefficient (Wildman–Crippen LogP) is -0.507.